The molecule has 3 rings (SSSR count). The van der Waals surface area contributed by atoms with Gasteiger partial charge in [-0.1, -0.05) is 60.7 Å². The molecule has 3 aromatic carbocycles. The highest BCUT2D eigenvalue weighted by Gasteiger charge is 2.24. The van der Waals surface area contributed by atoms with Crippen molar-refractivity contribution in [2.45, 2.75) is 19.4 Å². The van der Waals surface area contributed by atoms with E-state index in [0.29, 0.717) is 0 Å². The summed E-state index contributed by atoms with van der Waals surface area (Å²) in [7, 11) is 1.62. The van der Waals surface area contributed by atoms with Gasteiger partial charge in [0.15, 0.2) is 6.04 Å². The monoisotopic (exact) mass is 375 g/mol. The first-order valence-electron chi connectivity index (χ1n) is 9.55. The van der Waals surface area contributed by atoms with Crippen LogP contribution in [0.15, 0.2) is 78.9 Å². The van der Waals surface area contributed by atoms with E-state index in [-0.39, 0.29) is 11.9 Å². The van der Waals surface area contributed by atoms with Crippen molar-refractivity contribution >= 4 is 11.6 Å². The molecule has 0 aromatic heterocycles. The fourth-order valence-electron chi connectivity index (χ4n) is 3.27. The van der Waals surface area contributed by atoms with E-state index in [1.54, 1.807) is 7.11 Å². The molecule has 3 N–H and O–H groups in total. The Kier molecular flexibility index (Phi) is 6.82. The number of rotatable bonds is 8. The van der Waals surface area contributed by atoms with Gasteiger partial charge in [-0.05, 0) is 30.2 Å². The number of aryl methyl sites for hydroxylation is 1. The molecule has 0 aliphatic rings. The van der Waals surface area contributed by atoms with Crippen molar-refractivity contribution in [2.24, 2.45) is 0 Å². The summed E-state index contributed by atoms with van der Waals surface area (Å²) < 4.78 is 5.25. The molecule has 28 heavy (non-hydrogen) atoms. The molecule has 1 amide bonds. The zero-order valence-electron chi connectivity index (χ0n) is 16.4. The second-order valence-corrected chi connectivity index (χ2v) is 6.81. The average molecular weight is 375 g/mol. The van der Waals surface area contributed by atoms with Crippen LogP contribution < -0.4 is 15.4 Å². The largest absolute Gasteiger partial charge is 0.497 e. The van der Waals surface area contributed by atoms with Crippen LogP contribution in [0, 0.1) is 6.92 Å². The Morgan fingerprint density at radius 2 is 1.75 bits per heavy atom. The minimum atomic E-state index is -0.309. The number of benzene rings is 3. The zero-order valence-corrected chi connectivity index (χ0v) is 16.4. The van der Waals surface area contributed by atoms with Crippen molar-refractivity contribution in [3.05, 3.63) is 95.6 Å². The molecule has 0 fully saturated rings. The number of hydrogen-bond donors (Lipinski definition) is 2. The lowest BCUT2D eigenvalue weighted by molar-refractivity contribution is -0.682. The molecule has 3 aromatic rings. The summed E-state index contributed by atoms with van der Waals surface area (Å²) in [6.45, 7) is 2.95. The van der Waals surface area contributed by atoms with Crippen LogP contribution in [-0.4, -0.2) is 19.6 Å². The Hall–Kier alpha value is -3.11. The topological polar surface area (TPSA) is 54.9 Å². The zero-order chi connectivity index (χ0) is 19.8. The van der Waals surface area contributed by atoms with Gasteiger partial charge in [0.25, 0.3) is 5.91 Å². The summed E-state index contributed by atoms with van der Waals surface area (Å²) in [5.74, 6) is 0.682. The fraction of sp³-hybridized carbons (Fsp3) is 0.208. The SMILES string of the molecule is COc1cccc(NC(=O)[C@H]([NH2+]CCc2ccccc2C)c2ccccc2)c1. The summed E-state index contributed by atoms with van der Waals surface area (Å²) in [5, 5.41) is 5.13. The van der Waals surface area contributed by atoms with Gasteiger partial charge in [-0.3, -0.25) is 4.79 Å². The second kappa shape index (κ2) is 9.72. The lowest BCUT2D eigenvalue weighted by atomic mass is 10.0. The molecule has 0 bridgehead atoms. The van der Waals surface area contributed by atoms with Crippen LogP contribution in [0.1, 0.15) is 22.7 Å². The minimum absolute atomic E-state index is 0.0377. The first-order valence-corrected chi connectivity index (χ1v) is 9.55. The molecule has 0 saturated carbocycles. The van der Waals surface area contributed by atoms with Crippen LogP contribution in [-0.2, 0) is 11.2 Å². The summed E-state index contributed by atoms with van der Waals surface area (Å²) in [4.78, 5) is 13.0. The number of methoxy groups -OCH3 is 1. The van der Waals surface area contributed by atoms with Gasteiger partial charge in [0, 0.05) is 23.7 Å². The Bertz CT molecular complexity index is 909. The van der Waals surface area contributed by atoms with Gasteiger partial charge in [-0.15, -0.1) is 0 Å². The molecule has 0 aliphatic carbocycles. The molecule has 4 nitrogen and oxygen atoms in total. The Balaban J connectivity index is 1.71. The van der Waals surface area contributed by atoms with E-state index in [0.717, 1.165) is 30.0 Å². The number of carbonyl (C=O) groups excluding carboxylic acids is 1. The first-order chi connectivity index (χ1) is 13.7. The Morgan fingerprint density at radius 3 is 2.50 bits per heavy atom. The fourth-order valence-corrected chi connectivity index (χ4v) is 3.27. The van der Waals surface area contributed by atoms with Crippen molar-refractivity contribution in [3.63, 3.8) is 0 Å². The summed E-state index contributed by atoms with van der Waals surface area (Å²) in [6.07, 6.45) is 0.919. The number of anilines is 1. The second-order valence-electron chi connectivity index (χ2n) is 6.81. The van der Waals surface area contributed by atoms with Gasteiger partial charge in [0.05, 0.1) is 13.7 Å². The number of ether oxygens (including phenoxy) is 1. The van der Waals surface area contributed by atoms with E-state index in [2.05, 4.69) is 41.8 Å². The maximum atomic E-state index is 13.0. The Labute approximate surface area is 166 Å². The van der Waals surface area contributed by atoms with Crippen molar-refractivity contribution in [3.8, 4) is 5.75 Å². The van der Waals surface area contributed by atoms with Crippen molar-refractivity contribution in [2.75, 3.05) is 19.0 Å². The molecule has 1 atom stereocenters. The predicted molar refractivity (Wildman–Crippen MR) is 112 cm³/mol. The van der Waals surface area contributed by atoms with Crippen LogP contribution in [0.4, 0.5) is 5.69 Å². The summed E-state index contributed by atoms with van der Waals surface area (Å²) in [6, 6.07) is 25.4. The highest BCUT2D eigenvalue weighted by atomic mass is 16.5. The van der Waals surface area contributed by atoms with Gasteiger partial charge in [-0.2, -0.15) is 0 Å². The minimum Gasteiger partial charge on any atom is -0.497 e. The highest BCUT2D eigenvalue weighted by Crippen LogP contribution is 2.18. The molecule has 0 radical (unpaired) electrons. The number of amides is 1. The molecule has 0 saturated heterocycles. The smallest absolute Gasteiger partial charge is 0.287 e. The van der Waals surface area contributed by atoms with Crippen LogP contribution in [0.5, 0.6) is 5.75 Å². The number of quaternary nitrogens is 1. The van der Waals surface area contributed by atoms with Gasteiger partial charge in [-0.25, -0.2) is 0 Å². The molecule has 144 valence electrons. The average Bonchev–Trinajstić information content (AvgIpc) is 2.73. The molecule has 0 aliphatic heterocycles. The number of hydrogen-bond acceptors (Lipinski definition) is 2. The molecule has 4 heteroatoms. The quantitative estimate of drug-likeness (QED) is 0.633. The maximum absolute atomic E-state index is 13.0. The van der Waals surface area contributed by atoms with Crippen molar-refractivity contribution in [1.82, 2.24) is 0 Å². The maximum Gasteiger partial charge on any atom is 0.287 e. The molecule has 0 spiro atoms. The van der Waals surface area contributed by atoms with Crippen molar-refractivity contribution in [1.29, 1.82) is 0 Å². The van der Waals surface area contributed by atoms with Gasteiger partial charge in [0.2, 0.25) is 0 Å². The molecular weight excluding hydrogens is 348 g/mol. The van der Waals surface area contributed by atoms with Crippen LogP contribution in [0.3, 0.4) is 0 Å². The lowest BCUT2D eigenvalue weighted by Gasteiger charge is -2.17. The van der Waals surface area contributed by atoms with Gasteiger partial charge in [0.1, 0.15) is 5.75 Å². The lowest BCUT2D eigenvalue weighted by Crippen LogP contribution is -2.87. The summed E-state index contributed by atoms with van der Waals surface area (Å²) >= 11 is 0. The van der Waals surface area contributed by atoms with E-state index in [1.165, 1.54) is 11.1 Å². The van der Waals surface area contributed by atoms with E-state index < -0.39 is 0 Å². The van der Waals surface area contributed by atoms with E-state index in [4.69, 9.17) is 4.74 Å². The third kappa shape index (κ3) is 5.21. The van der Waals surface area contributed by atoms with Crippen LogP contribution in [0.25, 0.3) is 0 Å². The molecule has 0 unspecified atom stereocenters. The van der Waals surface area contributed by atoms with Crippen molar-refractivity contribution < 1.29 is 14.8 Å². The number of carbonyl (C=O) groups is 1. The standard InChI is InChI=1S/C24H26N2O2/c1-18-9-6-7-10-19(18)15-16-25-23(20-11-4-3-5-12-20)24(27)26-21-13-8-14-22(17-21)28-2/h3-14,17,23,25H,15-16H2,1-2H3,(H,26,27)/p+1/t23-/m1/s1. The normalized spacial score (nSPS) is 11.6. The Morgan fingerprint density at radius 1 is 1.00 bits per heavy atom. The van der Waals surface area contributed by atoms with E-state index >= 15 is 0 Å². The van der Waals surface area contributed by atoms with Crippen LogP contribution in [0.2, 0.25) is 0 Å². The number of nitrogens with one attached hydrogen (secondary N) is 1. The third-order valence-corrected chi connectivity index (χ3v) is 4.86. The predicted octanol–water partition coefficient (Wildman–Crippen LogP) is 3.49. The van der Waals surface area contributed by atoms with E-state index in [9.17, 15) is 4.79 Å². The highest BCUT2D eigenvalue weighted by molar-refractivity contribution is 5.94. The molecular formula is C24H27N2O2+. The van der Waals surface area contributed by atoms with E-state index in [1.807, 2.05) is 54.6 Å². The van der Waals surface area contributed by atoms with Gasteiger partial charge < -0.3 is 15.4 Å². The summed E-state index contributed by atoms with van der Waals surface area (Å²) in [5.41, 5.74) is 4.33. The first kappa shape index (κ1) is 19.6. The molecule has 0 heterocycles. The third-order valence-electron chi connectivity index (χ3n) is 4.86. The van der Waals surface area contributed by atoms with Crippen LogP contribution >= 0.6 is 0 Å². The number of nitrogens with two attached hydrogens (primary N) is 1. The van der Waals surface area contributed by atoms with Gasteiger partial charge >= 0.3 is 0 Å².